The lowest BCUT2D eigenvalue weighted by Crippen LogP contribution is -2.45. The Bertz CT molecular complexity index is 645. The molecule has 0 radical (unpaired) electrons. The van der Waals surface area contributed by atoms with E-state index in [1.165, 1.54) is 11.9 Å². The van der Waals surface area contributed by atoms with Crippen LogP contribution in [0.4, 0.5) is 0 Å². The van der Waals surface area contributed by atoms with Gasteiger partial charge in [0.15, 0.2) is 0 Å². The number of aromatic nitrogens is 3. The number of hydrogen-bond acceptors (Lipinski definition) is 3. The molecule has 1 fully saturated rings. The van der Waals surface area contributed by atoms with Gasteiger partial charge in [-0.05, 0) is 42.7 Å². The average Bonchev–Trinajstić information content (AvgIpc) is 3.10. The second-order valence-electron chi connectivity index (χ2n) is 7.23. The van der Waals surface area contributed by atoms with E-state index in [2.05, 4.69) is 36.1 Å². The molecule has 2 aliphatic carbocycles. The van der Waals surface area contributed by atoms with Gasteiger partial charge in [-0.15, -0.1) is 0 Å². The normalized spacial score (nSPS) is 31.6. The van der Waals surface area contributed by atoms with Crippen LogP contribution in [-0.4, -0.2) is 25.5 Å². The van der Waals surface area contributed by atoms with E-state index < -0.39 is 5.60 Å². The molecule has 0 aromatic carbocycles. The Balaban J connectivity index is 1.78. The van der Waals surface area contributed by atoms with Gasteiger partial charge in [0.2, 0.25) is 0 Å². The summed E-state index contributed by atoms with van der Waals surface area (Å²) < 4.78 is 1.79. The molecule has 1 saturated carbocycles. The average molecular weight is 334 g/mol. The first-order chi connectivity index (χ1) is 10.9. The van der Waals surface area contributed by atoms with Crippen molar-refractivity contribution in [3.8, 4) is 0 Å². The zero-order valence-corrected chi connectivity index (χ0v) is 14.5. The summed E-state index contributed by atoms with van der Waals surface area (Å²) in [5, 5.41) is 16.4. The maximum absolute atomic E-state index is 11.5. The van der Waals surface area contributed by atoms with Crippen LogP contribution in [0.1, 0.15) is 39.5 Å². The second kappa shape index (κ2) is 6.25. The van der Waals surface area contributed by atoms with Gasteiger partial charge in [-0.1, -0.05) is 43.7 Å². The Morgan fingerprint density at radius 2 is 2.26 bits per heavy atom. The first kappa shape index (κ1) is 16.5. The Hall–Kier alpha value is -1.39. The number of rotatable bonds is 4. The zero-order chi connectivity index (χ0) is 16.5. The summed E-state index contributed by atoms with van der Waals surface area (Å²) in [6.45, 7) is 5.02. The van der Waals surface area contributed by atoms with Crippen LogP contribution < -0.4 is 0 Å². The quantitative estimate of drug-likeness (QED) is 0.910. The predicted molar refractivity (Wildman–Crippen MR) is 91.9 cm³/mol. The third-order valence-corrected chi connectivity index (χ3v) is 5.74. The second-order valence-corrected chi connectivity index (χ2v) is 7.67. The van der Waals surface area contributed by atoms with Crippen LogP contribution in [0.25, 0.3) is 0 Å². The highest BCUT2D eigenvalue weighted by Crippen LogP contribution is 2.52. The maximum atomic E-state index is 11.5. The smallest absolute Gasteiger partial charge is 0.137 e. The van der Waals surface area contributed by atoms with Crippen molar-refractivity contribution in [2.75, 3.05) is 0 Å². The van der Waals surface area contributed by atoms with Crippen LogP contribution >= 0.6 is 11.6 Å². The molecule has 1 N–H and O–H groups in total. The third-order valence-electron chi connectivity index (χ3n) is 5.46. The highest BCUT2D eigenvalue weighted by Gasteiger charge is 2.52. The number of aliphatic hydroxyl groups is 1. The lowest BCUT2D eigenvalue weighted by Gasteiger charge is -2.40. The molecular formula is C18H24ClN3O. The van der Waals surface area contributed by atoms with Crippen molar-refractivity contribution in [1.29, 1.82) is 0 Å². The number of nitrogens with zero attached hydrogens (tertiary/aromatic N) is 3. The maximum Gasteiger partial charge on any atom is 0.137 e. The molecule has 2 atom stereocenters. The third kappa shape index (κ3) is 3.29. The summed E-state index contributed by atoms with van der Waals surface area (Å²) in [5.41, 5.74) is 0.391. The van der Waals surface area contributed by atoms with Crippen molar-refractivity contribution < 1.29 is 5.11 Å². The van der Waals surface area contributed by atoms with Gasteiger partial charge in [-0.3, -0.25) is 4.68 Å². The molecule has 4 nitrogen and oxygen atoms in total. The van der Waals surface area contributed by atoms with Gasteiger partial charge < -0.3 is 5.11 Å². The van der Waals surface area contributed by atoms with Gasteiger partial charge in [0, 0.05) is 17.5 Å². The Morgan fingerprint density at radius 3 is 2.91 bits per heavy atom. The van der Waals surface area contributed by atoms with Gasteiger partial charge in [-0.25, -0.2) is 4.98 Å². The van der Waals surface area contributed by atoms with E-state index in [0.717, 1.165) is 24.3 Å². The number of halogens is 1. The number of aryl methyl sites for hydroxylation is 1. The van der Waals surface area contributed by atoms with Crippen LogP contribution in [-0.2, 0) is 6.54 Å². The molecule has 2 unspecified atom stereocenters. The van der Waals surface area contributed by atoms with E-state index in [1.54, 1.807) is 11.0 Å². The van der Waals surface area contributed by atoms with Crippen molar-refractivity contribution in [3.05, 3.63) is 47.6 Å². The number of allylic oxidation sites excluding steroid dienone is 5. The van der Waals surface area contributed by atoms with Gasteiger partial charge in [0.1, 0.15) is 12.7 Å². The molecule has 124 valence electrons. The minimum Gasteiger partial charge on any atom is -0.389 e. The van der Waals surface area contributed by atoms with Crippen molar-refractivity contribution in [3.63, 3.8) is 0 Å². The fourth-order valence-electron chi connectivity index (χ4n) is 3.77. The van der Waals surface area contributed by atoms with Crippen molar-refractivity contribution in [2.24, 2.45) is 11.3 Å². The SMILES string of the molecule is CC1(C)CCC(C=C2C=CC(Cl)=CC2)C1(O)CCn1cncn1. The summed E-state index contributed by atoms with van der Waals surface area (Å²) >= 11 is 5.99. The Kier molecular flexibility index (Phi) is 4.47. The minimum atomic E-state index is -0.731. The monoisotopic (exact) mass is 333 g/mol. The molecule has 1 aromatic heterocycles. The van der Waals surface area contributed by atoms with E-state index >= 15 is 0 Å². The van der Waals surface area contributed by atoms with E-state index in [4.69, 9.17) is 11.6 Å². The lowest BCUT2D eigenvalue weighted by molar-refractivity contribution is -0.0738. The predicted octanol–water partition coefficient (Wildman–Crippen LogP) is 3.84. The van der Waals surface area contributed by atoms with E-state index in [9.17, 15) is 5.11 Å². The molecule has 2 aliphatic rings. The minimum absolute atomic E-state index is 0.110. The van der Waals surface area contributed by atoms with Crippen LogP contribution in [0, 0.1) is 11.3 Å². The molecule has 5 heteroatoms. The van der Waals surface area contributed by atoms with Gasteiger partial charge in [-0.2, -0.15) is 5.10 Å². The van der Waals surface area contributed by atoms with Crippen LogP contribution in [0.5, 0.6) is 0 Å². The molecule has 3 rings (SSSR count). The van der Waals surface area contributed by atoms with Crippen LogP contribution in [0.3, 0.4) is 0 Å². The Labute approximate surface area is 142 Å². The molecule has 0 spiro atoms. The molecule has 0 amide bonds. The Morgan fingerprint density at radius 1 is 1.43 bits per heavy atom. The largest absolute Gasteiger partial charge is 0.389 e. The first-order valence-corrected chi connectivity index (χ1v) is 8.58. The summed E-state index contributed by atoms with van der Waals surface area (Å²) in [4.78, 5) is 3.98. The van der Waals surface area contributed by atoms with Gasteiger partial charge in [0.05, 0.1) is 5.60 Å². The van der Waals surface area contributed by atoms with E-state index in [-0.39, 0.29) is 11.3 Å². The molecule has 1 heterocycles. The summed E-state index contributed by atoms with van der Waals surface area (Å²) in [6.07, 6.45) is 15.0. The molecule has 1 aromatic rings. The molecular weight excluding hydrogens is 310 g/mol. The van der Waals surface area contributed by atoms with Crippen molar-refractivity contribution in [1.82, 2.24) is 14.8 Å². The van der Waals surface area contributed by atoms with Gasteiger partial charge >= 0.3 is 0 Å². The fraction of sp³-hybridized carbons (Fsp3) is 0.556. The zero-order valence-electron chi connectivity index (χ0n) is 13.7. The standard InChI is InChI=1S/C18H24ClN3O/c1-17(2)8-7-15(11-14-3-5-16(19)6-4-14)18(17,23)9-10-22-13-20-12-21-22/h3,5-6,11-13,15,23H,4,7-10H2,1-2H3. The van der Waals surface area contributed by atoms with E-state index in [1.807, 2.05) is 12.2 Å². The lowest BCUT2D eigenvalue weighted by atomic mass is 9.71. The first-order valence-electron chi connectivity index (χ1n) is 8.20. The number of hydrogen-bond donors (Lipinski definition) is 1. The topological polar surface area (TPSA) is 50.9 Å². The molecule has 0 bridgehead atoms. The van der Waals surface area contributed by atoms with Gasteiger partial charge in [0.25, 0.3) is 0 Å². The highest BCUT2D eigenvalue weighted by molar-refractivity contribution is 6.31. The highest BCUT2D eigenvalue weighted by atomic mass is 35.5. The summed E-state index contributed by atoms with van der Waals surface area (Å²) in [7, 11) is 0. The molecule has 23 heavy (non-hydrogen) atoms. The van der Waals surface area contributed by atoms with Crippen molar-refractivity contribution >= 4 is 11.6 Å². The van der Waals surface area contributed by atoms with Crippen LogP contribution in [0.15, 0.2) is 47.6 Å². The van der Waals surface area contributed by atoms with Crippen molar-refractivity contribution in [2.45, 2.75) is 51.7 Å². The summed E-state index contributed by atoms with van der Waals surface area (Å²) in [5.74, 6) is 0.158. The van der Waals surface area contributed by atoms with E-state index in [0.29, 0.717) is 13.0 Å². The molecule has 0 saturated heterocycles. The fourth-order valence-corrected chi connectivity index (χ4v) is 3.91. The molecule has 0 aliphatic heterocycles. The summed E-state index contributed by atoms with van der Waals surface area (Å²) in [6, 6.07) is 0. The van der Waals surface area contributed by atoms with Crippen LogP contribution in [0.2, 0.25) is 0 Å².